The molecule has 23 nitrogen and oxygen atoms in total. The van der Waals surface area contributed by atoms with Gasteiger partial charge in [0.2, 0.25) is 21.6 Å². The summed E-state index contributed by atoms with van der Waals surface area (Å²) in [6.45, 7) is 0. The number of benzene rings is 4. The lowest BCUT2D eigenvalue weighted by atomic mass is 10.3. The molecule has 0 unspecified atom stereocenters. The van der Waals surface area contributed by atoms with Crippen LogP contribution in [0, 0.1) is 62.0 Å². The van der Waals surface area contributed by atoms with Gasteiger partial charge >= 0.3 is 22.7 Å². The van der Waals surface area contributed by atoms with Crippen LogP contribution in [0.5, 0.6) is 0 Å². The molecule has 25 heteroatoms. The summed E-state index contributed by atoms with van der Waals surface area (Å²) in [5, 5.41) is 98.6. The standard InChI is InChI=1S/4C6H4N3O2.BO3.FH/c4*7-8-5-1-3-6(4-2-5)9(10)11;2-1(3)4;/h4*1-4H;;1H/q4*+1;-3;/p-1. The van der Waals surface area contributed by atoms with Crippen LogP contribution >= 0.6 is 0 Å². The predicted molar refractivity (Wildman–Crippen MR) is 157 cm³/mol. The number of diazo groups is 4. The lowest BCUT2D eigenvalue weighted by Gasteiger charge is -2.35. The van der Waals surface area contributed by atoms with E-state index in [0.717, 1.165) is 0 Å². The third-order valence-electron chi connectivity index (χ3n) is 4.70. The molecule has 0 fully saturated rings. The zero-order chi connectivity index (χ0) is 36.6. The minimum atomic E-state index is -2.92. The van der Waals surface area contributed by atoms with E-state index in [4.69, 9.17) is 36.6 Å². The Kier molecular flexibility index (Phi) is 20.6. The van der Waals surface area contributed by atoms with Gasteiger partial charge in [-0.1, -0.05) is 0 Å². The fourth-order valence-electron chi connectivity index (χ4n) is 2.56. The highest BCUT2D eigenvalue weighted by Crippen LogP contribution is 2.19. The van der Waals surface area contributed by atoms with E-state index in [9.17, 15) is 40.5 Å². The number of nitro benzene ring substituents is 4. The predicted octanol–water partition coefficient (Wildman–Crippen LogP) is 1.37. The van der Waals surface area contributed by atoms with Gasteiger partial charge in [0.15, 0.2) is 19.9 Å². The summed E-state index contributed by atoms with van der Waals surface area (Å²) in [7, 11) is -2.92. The molecule has 0 amide bonds. The third kappa shape index (κ3) is 18.4. The van der Waals surface area contributed by atoms with Gasteiger partial charge in [-0.3, -0.25) is 47.8 Å². The summed E-state index contributed by atoms with van der Waals surface area (Å²) in [6.07, 6.45) is 0. The molecule has 4 aromatic carbocycles. The van der Waals surface area contributed by atoms with Crippen LogP contribution in [-0.2, 0) is 0 Å². The lowest BCUT2D eigenvalue weighted by Crippen LogP contribution is -3.00. The van der Waals surface area contributed by atoms with Crippen molar-refractivity contribution in [1.29, 1.82) is 21.6 Å². The van der Waals surface area contributed by atoms with Gasteiger partial charge in [0.25, 0.3) is 22.7 Å². The fourth-order valence-corrected chi connectivity index (χ4v) is 2.56. The fraction of sp³-hybridized carbons (Fsp3) is 0. The Morgan fingerprint density at radius 1 is 0.388 bits per heavy atom. The first-order valence-corrected chi connectivity index (χ1v) is 12.0. The van der Waals surface area contributed by atoms with Crippen molar-refractivity contribution >= 4 is 52.8 Å². The molecule has 49 heavy (non-hydrogen) atoms. The van der Waals surface area contributed by atoms with Gasteiger partial charge in [-0.05, 0) is 0 Å². The highest BCUT2D eigenvalue weighted by atomic mass is 19.0. The molecule has 0 N–H and O–H groups in total. The maximum Gasteiger partial charge on any atom is 0.385 e. The maximum absolute atomic E-state index is 10.1. The molecule has 0 bridgehead atoms. The van der Waals surface area contributed by atoms with Crippen molar-refractivity contribution in [3.05, 3.63) is 157 Å². The van der Waals surface area contributed by atoms with Crippen molar-refractivity contribution in [2.24, 2.45) is 0 Å². The number of hydrogen-bond acceptors (Lipinski definition) is 15. The Bertz CT molecular complexity index is 1580. The highest BCUT2D eigenvalue weighted by molar-refractivity contribution is 6.24. The normalized spacial score (nSPS) is 8.31. The Hall–Kier alpha value is -7.97. The number of halogens is 1. The molecule has 248 valence electrons. The number of non-ortho nitro benzene ring substituents is 4. The minimum absolute atomic E-state index is 0. The molecule has 4 rings (SSSR count). The summed E-state index contributed by atoms with van der Waals surface area (Å²) < 4.78 is 0. The zero-order valence-corrected chi connectivity index (χ0v) is 24.1. The molecule has 0 saturated heterocycles. The second-order valence-electron chi connectivity index (χ2n) is 7.78. The van der Waals surface area contributed by atoms with E-state index >= 15 is 0 Å². The van der Waals surface area contributed by atoms with Crippen molar-refractivity contribution in [3.63, 3.8) is 0 Å². The molecule has 0 aliphatic heterocycles. The Morgan fingerprint density at radius 2 is 0.510 bits per heavy atom. The summed E-state index contributed by atoms with van der Waals surface area (Å²) in [5.74, 6) is 0. The number of rotatable bonds is 4. The van der Waals surface area contributed by atoms with Crippen LogP contribution in [0.1, 0.15) is 0 Å². The van der Waals surface area contributed by atoms with E-state index in [2.05, 4.69) is 19.9 Å². The van der Waals surface area contributed by atoms with Crippen LogP contribution in [0.3, 0.4) is 0 Å². The highest BCUT2D eigenvalue weighted by Gasteiger charge is 2.11. The summed E-state index contributed by atoms with van der Waals surface area (Å²) in [6, 6.07) is 21.1. The molecule has 0 atom stereocenters. The number of nitrogens with zero attached hydrogens (tertiary/aromatic N) is 12. The molecule has 0 radical (unpaired) electrons. The molecule has 0 aliphatic carbocycles. The van der Waals surface area contributed by atoms with Crippen LogP contribution in [-0.4, -0.2) is 27.0 Å². The first kappa shape index (κ1) is 43.2. The van der Waals surface area contributed by atoms with Gasteiger partial charge in [0.1, 0.15) is 0 Å². The molecule has 0 spiro atoms. The van der Waals surface area contributed by atoms with E-state index in [1.54, 1.807) is 0 Å². The second kappa shape index (κ2) is 23.4. The van der Waals surface area contributed by atoms with Gasteiger partial charge < -0.3 is 19.8 Å². The van der Waals surface area contributed by atoms with Crippen LogP contribution in [0.4, 0.5) is 45.5 Å². The van der Waals surface area contributed by atoms with Gasteiger partial charge in [0, 0.05) is 97.1 Å². The average Bonchev–Trinajstić information content (AvgIpc) is 3.09. The molecule has 0 aromatic heterocycles. The lowest BCUT2D eigenvalue weighted by molar-refractivity contribution is -0.479. The molecular formula is C24H16BFN12O11. The summed E-state index contributed by atoms with van der Waals surface area (Å²) >= 11 is 0. The molecule has 0 aliphatic rings. The average molecular weight is 678 g/mol. The van der Waals surface area contributed by atoms with Gasteiger partial charge in [-0.15, -0.1) is 0 Å². The van der Waals surface area contributed by atoms with Crippen molar-refractivity contribution in [1.82, 2.24) is 0 Å². The van der Waals surface area contributed by atoms with Crippen molar-refractivity contribution in [3.8, 4) is 0 Å². The van der Waals surface area contributed by atoms with Crippen molar-refractivity contribution in [2.75, 3.05) is 0 Å². The van der Waals surface area contributed by atoms with Crippen LogP contribution in [0.25, 0.3) is 19.9 Å². The van der Waals surface area contributed by atoms with Crippen LogP contribution < -0.4 is 19.8 Å². The van der Waals surface area contributed by atoms with E-state index < -0.39 is 27.0 Å². The van der Waals surface area contributed by atoms with Crippen LogP contribution in [0.15, 0.2) is 97.1 Å². The Balaban J connectivity index is 0. The first-order valence-electron chi connectivity index (χ1n) is 12.0. The van der Waals surface area contributed by atoms with Gasteiger partial charge in [-0.25, -0.2) is 0 Å². The number of nitro groups is 4. The third-order valence-corrected chi connectivity index (χ3v) is 4.70. The maximum atomic E-state index is 10.1. The van der Waals surface area contributed by atoms with Crippen LogP contribution in [0.2, 0.25) is 0 Å². The van der Waals surface area contributed by atoms with Crippen molar-refractivity contribution in [2.45, 2.75) is 0 Å². The summed E-state index contributed by atoms with van der Waals surface area (Å²) in [5.41, 5.74) is 1.14. The largest absolute Gasteiger partial charge is 1.00 e. The minimum Gasteiger partial charge on any atom is -1.00 e. The van der Waals surface area contributed by atoms with E-state index in [-0.39, 0.29) is 27.5 Å². The first-order chi connectivity index (χ1) is 22.7. The van der Waals surface area contributed by atoms with E-state index in [0.29, 0.717) is 22.7 Å². The SMILES string of the molecule is N#[N+]c1ccc([N+](=O)[O-])cc1.N#[N+]c1ccc([N+](=O)[O-])cc1.N#[N+]c1ccc([N+](=O)[O-])cc1.N#[N+]c1ccc([N+](=O)[O-])cc1.[F-].[O-]B([O-])[O-]. The van der Waals surface area contributed by atoms with E-state index in [1.807, 2.05) is 0 Å². The van der Waals surface area contributed by atoms with Gasteiger partial charge in [-0.2, -0.15) is 0 Å². The molecule has 0 saturated carbocycles. The Morgan fingerprint density at radius 3 is 0.592 bits per heavy atom. The van der Waals surface area contributed by atoms with Crippen molar-refractivity contribution < 1.29 is 39.5 Å². The zero-order valence-electron chi connectivity index (χ0n) is 24.1. The molecular weight excluding hydrogens is 662 g/mol. The second-order valence-corrected chi connectivity index (χ2v) is 7.78. The smallest absolute Gasteiger partial charge is 0.385 e. The van der Waals surface area contributed by atoms with E-state index in [1.165, 1.54) is 97.1 Å². The van der Waals surface area contributed by atoms with Gasteiger partial charge in [0.05, 0.1) is 19.7 Å². The number of hydrogen-bond donors (Lipinski definition) is 0. The topological polar surface area (TPSA) is 354 Å². The monoisotopic (exact) mass is 678 g/mol. The molecule has 4 aromatic rings. The molecule has 0 heterocycles. The summed E-state index contributed by atoms with van der Waals surface area (Å²) in [4.78, 5) is 49.8. The quantitative estimate of drug-likeness (QED) is 0.127. The Labute approximate surface area is 271 Å².